The van der Waals surface area contributed by atoms with Gasteiger partial charge in [-0.05, 0) is 93.4 Å². The molecule has 2 unspecified atom stereocenters. The molecule has 1 heterocycles. The van der Waals surface area contributed by atoms with Crippen molar-refractivity contribution in [3.05, 3.63) is 22.4 Å². The fourth-order valence-electron chi connectivity index (χ4n) is 6.10. The average Bonchev–Trinajstić information content (AvgIpc) is 2.89. The van der Waals surface area contributed by atoms with Crippen molar-refractivity contribution >= 4 is 11.3 Å². The van der Waals surface area contributed by atoms with Crippen LogP contribution in [0.15, 0.2) is 17.5 Å². The van der Waals surface area contributed by atoms with Crippen LogP contribution in [0.5, 0.6) is 0 Å². The summed E-state index contributed by atoms with van der Waals surface area (Å²) in [5.74, 6) is 3.19. The summed E-state index contributed by atoms with van der Waals surface area (Å²) in [6.07, 6.45) is 10.4. The molecular formula is C19H29NS. The molecule has 2 heteroatoms. The van der Waals surface area contributed by atoms with E-state index >= 15 is 0 Å². The van der Waals surface area contributed by atoms with E-state index in [2.05, 4.69) is 36.7 Å². The Morgan fingerprint density at radius 3 is 2.29 bits per heavy atom. The molecule has 1 nitrogen and oxygen atoms in total. The van der Waals surface area contributed by atoms with Gasteiger partial charge in [-0.2, -0.15) is 0 Å². The largest absolute Gasteiger partial charge is 0.311 e. The van der Waals surface area contributed by atoms with Crippen LogP contribution in [0.1, 0.15) is 57.2 Å². The van der Waals surface area contributed by atoms with Gasteiger partial charge in [0.2, 0.25) is 0 Å². The second-order valence-electron chi connectivity index (χ2n) is 8.35. The fourth-order valence-corrected chi connectivity index (χ4v) is 6.94. The number of nitrogens with one attached hydrogen (secondary N) is 1. The summed E-state index contributed by atoms with van der Waals surface area (Å²) in [5, 5.41) is 6.18. The molecule has 1 aromatic rings. The molecule has 0 saturated heterocycles. The molecule has 0 radical (unpaired) electrons. The number of rotatable bonds is 5. The number of hydrogen-bond donors (Lipinski definition) is 1. The molecule has 5 rings (SSSR count). The zero-order valence-corrected chi connectivity index (χ0v) is 14.3. The zero-order valence-electron chi connectivity index (χ0n) is 13.5. The summed E-state index contributed by atoms with van der Waals surface area (Å²) in [5.41, 5.74) is 0.637. The van der Waals surface area contributed by atoms with Gasteiger partial charge in [-0.25, -0.2) is 0 Å². The first kappa shape index (κ1) is 14.3. The van der Waals surface area contributed by atoms with Crippen molar-refractivity contribution in [2.75, 3.05) is 0 Å². The van der Waals surface area contributed by atoms with E-state index in [9.17, 15) is 0 Å². The molecule has 0 amide bonds. The fraction of sp³-hybridized carbons (Fsp3) is 0.789. The molecule has 4 saturated carbocycles. The van der Waals surface area contributed by atoms with E-state index in [4.69, 9.17) is 0 Å². The van der Waals surface area contributed by atoms with Gasteiger partial charge in [0, 0.05) is 17.0 Å². The summed E-state index contributed by atoms with van der Waals surface area (Å²) in [6.45, 7) is 4.86. The van der Waals surface area contributed by atoms with E-state index in [1.54, 1.807) is 19.3 Å². The van der Waals surface area contributed by atoms with Crippen LogP contribution in [0, 0.1) is 23.2 Å². The van der Waals surface area contributed by atoms with Crippen molar-refractivity contribution < 1.29 is 0 Å². The van der Waals surface area contributed by atoms with Gasteiger partial charge < -0.3 is 5.32 Å². The Hall–Kier alpha value is -0.340. The monoisotopic (exact) mass is 303 g/mol. The quantitative estimate of drug-likeness (QED) is 0.818. The van der Waals surface area contributed by atoms with Crippen LogP contribution < -0.4 is 5.32 Å². The van der Waals surface area contributed by atoms with E-state index in [0.29, 0.717) is 17.5 Å². The lowest BCUT2D eigenvalue weighted by molar-refractivity contribution is -0.0718. The minimum absolute atomic E-state index is 0.603. The summed E-state index contributed by atoms with van der Waals surface area (Å²) in [7, 11) is 0. The topological polar surface area (TPSA) is 12.0 Å². The second-order valence-corrected chi connectivity index (χ2v) is 9.39. The smallest absolute Gasteiger partial charge is 0.00981 e. The Balaban J connectivity index is 1.41. The Morgan fingerprint density at radius 2 is 1.76 bits per heavy atom. The van der Waals surface area contributed by atoms with Crippen molar-refractivity contribution in [3.63, 3.8) is 0 Å². The third-order valence-corrected chi connectivity index (χ3v) is 7.52. The molecule has 4 fully saturated rings. The van der Waals surface area contributed by atoms with Crippen LogP contribution in [0.3, 0.4) is 0 Å². The standard InChI is InChI=1S/C19H29NS/c1-13(6-18-4-3-5-21-18)20-14(2)19-10-15-7-16(11-19)9-17(8-15)12-19/h3-5,13-17,20H,6-12H2,1-2H3. The Morgan fingerprint density at radius 1 is 1.14 bits per heavy atom. The third kappa shape index (κ3) is 2.70. The van der Waals surface area contributed by atoms with Crippen LogP contribution in [-0.4, -0.2) is 12.1 Å². The molecule has 0 aromatic carbocycles. The van der Waals surface area contributed by atoms with Crippen LogP contribution in [-0.2, 0) is 6.42 Å². The predicted molar refractivity (Wildman–Crippen MR) is 90.7 cm³/mol. The highest BCUT2D eigenvalue weighted by molar-refractivity contribution is 7.09. The van der Waals surface area contributed by atoms with Crippen molar-refractivity contribution in [1.82, 2.24) is 5.32 Å². The van der Waals surface area contributed by atoms with Crippen molar-refractivity contribution in [2.45, 2.75) is 70.9 Å². The molecule has 4 aliphatic rings. The highest BCUT2D eigenvalue weighted by Gasteiger charge is 2.53. The summed E-state index contributed by atoms with van der Waals surface area (Å²) in [4.78, 5) is 1.52. The summed E-state index contributed by atoms with van der Waals surface area (Å²) >= 11 is 1.90. The molecular weight excluding hydrogens is 274 g/mol. The van der Waals surface area contributed by atoms with Crippen molar-refractivity contribution in [2.24, 2.45) is 23.2 Å². The van der Waals surface area contributed by atoms with Crippen LogP contribution >= 0.6 is 11.3 Å². The summed E-state index contributed by atoms with van der Waals surface area (Å²) in [6, 6.07) is 5.75. The molecule has 4 bridgehead atoms. The maximum absolute atomic E-state index is 3.98. The number of thiophene rings is 1. The van der Waals surface area contributed by atoms with Gasteiger partial charge >= 0.3 is 0 Å². The van der Waals surface area contributed by atoms with Gasteiger partial charge in [0.05, 0.1) is 0 Å². The summed E-state index contributed by atoms with van der Waals surface area (Å²) < 4.78 is 0. The molecule has 2 atom stereocenters. The highest BCUT2D eigenvalue weighted by Crippen LogP contribution is 2.61. The van der Waals surface area contributed by atoms with E-state index < -0.39 is 0 Å². The second kappa shape index (κ2) is 5.38. The van der Waals surface area contributed by atoms with Gasteiger partial charge in [0.1, 0.15) is 0 Å². The first-order valence-electron chi connectivity index (χ1n) is 8.91. The molecule has 4 aliphatic carbocycles. The van der Waals surface area contributed by atoms with Gasteiger partial charge in [0.15, 0.2) is 0 Å². The van der Waals surface area contributed by atoms with Crippen molar-refractivity contribution in [3.8, 4) is 0 Å². The molecule has 21 heavy (non-hydrogen) atoms. The lowest BCUT2D eigenvalue weighted by Crippen LogP contribution is -2.56. The van der Waals surface area contributed by atoms with Crippen LogP contribution in [0.25, 0.3) is 0 Å². The number of hydrogen-bond acceptors (Lipinski definition) is 2. The molecule has 0 spiro atoms. The normalized spacial score (nSPS) is 40.4. The maximum Gasteiger partial charge on any atom is 0.00981 e. The van der Waals surface area contributed by atoms with Crippen LogP contribution in [0.2, 0.25) is 0 Å². The highest BCUT2D eigenvalue weighted by atomic mass is 32.1. The molecule has 0 aliphatic heterocycles. The Bertz CT molecular complexity index is 442. The van der Waals surface area contributed by atoms with Crippen molar-refractivity contribution in [1.29, 1.82) is 0 Å². The van der Waals surface area contributed by atoms with Gasteiger partial charge in [0.25, 0.3) is 0 Å². The SMILES string of the molecule is CC(Cc1cccs1)NC(C)C12CC3CC(CC(C3)C1)C2. The minimum Gasteiger partial charge on any atom is -0.311 e. The molecule has 116 valence electrons. The average molecular weight is 304 g/mol. The zero-order chi connectivity index (χ0) is 14.4. The van der Waals surface area contributed by atoms with Gasteiger partial charge in [-0.1, -0.05) is 6.07 Å². The minimum atomic E-state index is 0.603. The van der Waals surface area contributed by atoms with E-state index in [1.807, 2.05) is 11.3 Å². The van der Waals surface area contributed by atoms with E-state index in [-0.39, 0.29) is 0 Å². The Labute approximate surface area is 133 Å². The van der Waals surface area contributed by atoms with Gasteiger partial charge in [-0.15, -0.1) is 11.3 Å². The lowest BCUT2D eigenvalue weighted by atomic mass is 9.48. The Kier molecular flexibility index (Phi) is 3.66. The maximum atomic E-state index is 3.98. The predicted octanol–water partition coefficient (Wildman–Crippen LogP) is 4.87. The molecule has 1 aromatic heterocycles. The van der Waals surface area contributed by atoms with Crippen LogP contribution in [0.4, 0.5) is 0 Å². The first-order valence-corrected chi connectivity index (χ1v) is 9.79. The van der Waals surface area contributed by atoms with E-state index in [0.717, 1.165) is 17.8 Å². The first-order chi connectivity index (χ1) is 10.1. The van der Waals surface area contributed by atoms with Gasteiger partial charge in [-0.3, -0.25) is 0 Å². The lowest BCUT2D eigenvalue weighted by Gasteiger charge is -2.59. The molecule has 1 N–H and O–H groups in total. The van der Waals surface area contributed by atoms with E-state index in [1.165, 1.54) is 30.6 Å². The third-order valence-electron chi connectivity index (χ3n) is 6.63.